The summed E-state index contributed by atoms with van der Waals surface area (Å²) in [5, 5.41) is 12.9. The molecule has 0 unspecified atom stereocenters. The topological polar surface area (TPSA) is 67.2 Å². The Labute approximate surface area is 113 Å². The SMILES string of the molecule is CCCn1ccnc(NC2(CO)CCCCC2)c1=O. The molecule has 0 saturated heterocycles. The first-order valence-electron chi connectivity index (χ1n) is 7.15. The molecule has 1 aromatic heterocycles. The maximum Gasteiger partial charge on any atom is 0.293 e. The molecular formula is C14H23N3O2. The second-order valence-corrected chi connectivity index (χ2v) is 5.40. The fourth-order valence-electron chi connectivity index (χ4n) is 2.75. The summed E-state index contributed by atoms with van der Waals surface area (Å²) in [5.74, 6) is 0.368. The number of nitrogens with zero attached hydrogens (tertiary/aromatic N) is 2. The van der Waals surface area contributed by atoms with E-state index in [-0.39, 0.29) is 17.7 Å². The van der Waals surface area contributed by atoms with Crippen LogP contribution in [0.4, 0.5) is 5.82 Å². The van der Waals surface area contributed by atoms with Gasteiger partial charge in [-0.1, -0.05) is 26.2 Å². The first-order chi connectivity index (χ1) is 9.21. The van der Waals surface area contributed by atoms with E-state index in [1.54, 1.807) is 17.0 Å². The van der Waals surface area contributed by atoms with E-state index in [0.717, 1.165) is 32.1 Å². The second-order valence-electron chi connectivity index (χ2n) is 5.40. The zero-order valence-electron chi connectivity index (χ0n) is 11.6. The molecule has 0 bridgehead atoms. The van der Waals surface area contributed by atoms with Gasteiger partial charge in [0.05, 0.1) is 12.1 Å². The summed E-state index contributed by atoms with van der Waals surface area (Å²) < 4.78 is 1.67. The molecule has 1 aromatic rings. The van der Waals surface area contributed by atoms with E-state index in [2.05, 4.69) is 10.3 Å². The van der Waals surface area contributed by atoms with Gasteiger partial charge < -0.3 is 15.0 Å². The van der Waals surface area contributed by atoms with E-state index < -0.39 is 0 Å². The maximum atomic E-state index is 12.2. The van der Waals surface area contributed by atoms with Crippen LogP contribution < -0.4 is 10.9 Å². The first kappa shape index (κ1) is 14.1. The van der Waals surface area contributed by atoms with Crippen LogP contribution >= 0.6 is 0 Å². The van der Waals surface area contributed by atoms with Crippen LogP contribution in [0.25, 0.3) is 0 Å². The molecule has 0 spiro atoms. The first-order valence-corrected chi connectivity index (χ1v) is 7.15. The van der Waals surface area contributed by atoms with Crippen LogP contribution in [0.5, 0.6) is 0 Å². The van der Waals surface area contributed by atoms with Crippen molar-refractivity contribution in [1.29, 1.82) is 0 Å². The van der Waals surface area contributed by atoms with Crippen molar-refractivity contribution in [2.24, 2.45) is 0 Å². The minimum Gasteiger partial charge on any atom is -0.394 e. The predicted molar refractivity (Wildman–Crippen MR) is 75.3 cm³/mol. The molecule has 1 saturated carbocycles. The van der Waals surface area contributed by atoms with E-state index in [1.807, 2.05) is 6.92 Å². The Kier molecular flexibility index (Phi) is 4.58. The van der Waals surface area contributed by atoms with Crippen molar-refractivity contribution in [1.82, 2.24) is 9.55 Å². The van der Waals surface area contributed by atoms with Crippen molar-refractivity contribution in [2.75, 3.05) is 11.9 Å². The summed E-state index contributed by atoms with van der Waals surface area (Å²) in [5.41, 5.74) is -0.460. The van der Waals surface area contributed by atoms with Gasteiger partial charge in [0, 0.05) is 18.9 Å². The minimum atomic E-state index is -0.365. The van der Waals surface area contributed by atoms with Gasteiger partial charge in [-0.3, -0.25) is 4.79 Å². The number of rotatable bonds is 5. The average Bonchev–Trinajstić information content (AvgIpc) is 2.45. The number of anilines is 1. The molecule has 1 fully saturated rings. The summed E-state index contributed by atoms with van der Waals surface area (Å²) in [7, 11) is 0. The predicted octanol–water partition coefficient (Wildman–Crippen LogP) is 1.76. The average molecular weight is 265 g/mol. The van der Waals surface area contributed by atoms with Crippen LogP contribution in [0.2, 0.25) is 0 Å². The molecular weight excluding hydrogens is 242 g/mol. The summed E-state index contributed by atoms with van der Waals surface area (Å²) >= 11 is 0. The van der Waals surface area contributed by atoms with Crippen LogP contribution in [0.3, 0.4) is 0 Å². The minimum absolute atomic E-state index is 0.0524. The van der Waals surface area contributed by atoms with Crippen LogP contribution in [-0.4, -0.2) is 26.8 Å². The van der Waals surface area contributed by atoms with Crippen LogP contribution in [-0.2, 0) is 6.54 Å². The lowest BCUT2D eigenvalue weighted by Gasteiger charge is -2.36. The highest BCUT2D eigenvalue weighted by Crippen LogP contribution is 2.30. The standard InChI is InChI=1S/C14H23N3O2/c1-2-9-17-10-8-15-12(13(17)19)16-14(11-18)6-4-3-5-7-14/h8,10,18H,2-7,9,11H2,1H3,(H,15,16). The van der Waals surface area contributed by atoms with Gasteiger partial charge in [0.25, 0.3) is 5.56 Å². The quantitative estimate of drug-likeness (QED) is 0.851. The number of aryl methyl sites for hydroxylation is 1. The number of aliphatic hydroxyl groups is 1. The lowest BCUT2D eigenvalue weighted by atomic mass is 9.82. The van der Waals surface area contributed by atoms with Gasteiger partial charge in [-0.2, -0.15) is 0 Å². The number of aromatic nitrogens is 2. The van der Waals surface area contributed by atoms with Crippen molar-refractivity contribution in [3.05, 3.63) is 22.7 Å². The van der Waals surface area contributed by atoms with Crippen molar-refractivity contribution >= 4 is 5.82 Å². The molecule has 2 rings (SSSR count). The van der Waals surface area contributed by atoms with Crippen molar-refractivity contribution < 1.29 is 5.11 Å². The molecule has 5 nitrogen and oxygen atoms in total. The van der Waals surface area contributed by atoms with Crippen LogP contribution in [0, 0.1) is 0 Å². The molecule has 0 amide bonds. The summed E-state index contributed by atoms with van der Waals surface area (Å²) in [6.45, 7) is 2.79. The summed E-state index contributed by atoms with van der Waals surface area (Å²) in [6.07, 6.45) is 9.44. The summed E-state index contributed by atoms with van der Waals surface area (Å²) in [6, 6.07) is 0. The Hall–Kier alpha value is -1.36. The molecule has 0 aromatic carbocycles. The Morgan fingerprint density at radius 2 is 2.16 bits per heavy atom. The monoisotopic (exact) mass is 265 g/mol. The molecule has 1 heterocycles. The number of hydrogen-bond acceptors (Lipinski definition) is 4. The Balaban J connectivity index is 2.22. The normalized spacial score (nSPS) is 18.2. The third-order valence-corrected chi connectivity index (χ3v) is 3.88. The molecule has 106 valence electrons. The highest BCUT2D eigenvalue weighted by atomic mass is 16.3. The third kappa shape index (κ3) is 3.15. The van der Waals surface area contributed by atoms with Gasteiger partial charge in [0.1, 0.15) is 0 Å². The van der Waals surface area contributed by atoms with Gasteiger partial charge in [-0.15, -0.1) is 0 Å². The zero-order valence-corrected chi connectivity index (χ0v) is 11.6. The molecule has 19 heavy (non-hydrogen) atoms. The Bertz CT molecular complexity index is 464. The smallest absolute Gasteiger partial charge is 0.293 e. The van der Waals surface area contributed by atoms with Gasteiger partial charge in [-0.25, -0.2) is 4.98 Å². The number of nitrogens with one attached hydrogen (secondary N) is 1. The Morgan fingerprint density at radius 3 is 2.79 bits per heavy atom. The van der Waals surface area contributed by atoms with E-state index >= 15 is 0 Å². The molecule has 5 heteroatoms. The van der Waals surface area contributed by atoms with E-state index in [9.17, 15) is 9.90 Å². The fraction of sp³-hybridized carbons (Fsp3) is 0.714. The molecule has 1 aliphatic carbocycles. The number of aliphatic hydroxyl groups excluding tert-OH is 1. The van der Waals surface area contributed by atoms with Crippen LogP contribution in [0.1, 0.15) is 45.4 Å². The molecule has 2 N–H and O–H groups in total. The van der Waals surface area contributed by atoms with Crippen molar-refractivity contribution in [3.63, 3.8) is 0 Å². The Morgan fingerprint density at radius 1 is 1.42 bits per heavy atom. The van der Waals surface area contributed by atoms with Gasteiger partial charge in [0.2, 0.25) is 0 Å². The van der Waals surface area contributed by atoms with Gasteiger partial charge in [0.15, 0.2) is 5.82 Å². The molecule has 0 aliphatic heterocycles. The molecule has 1 aliphatic rings. The van der Waals surface area contributed by atoms with Crippen molar-refractivity contribution in [2.45, 2.75) is 57.5 Å². The fourth-order valence-corrected chi connectivity index (χ4v) is 2.75. The third-order valence-electron chi connectivity index (χ3n) is 3.88. The maximum absolute atomic E-state index is 12.2. The largest absolute Gasteiger partial charge is 0.394 e. The lowest BCUT2D eigenvalue weighted by Crippen LogP contribution is -2.46. The van der Waals surface area contributed by atoms with Crippen LogP contribution in [0.15, 0.2) is 17.2 Å². The number of hydrogen-bond donors (Lipinski definition) is 2. The van der Waals surface area contributed by atoms with Crippen molar-refractivity contribution in [3.8, 4) is 0 Å². The van der Waals surface area contributed by atoms with E-state index in [0.29, 0.717) is 12.4 Å². The molecule has 0 atom stereocenters. The highest BCUT2D eigenvalue weighted by molar-refractivity contribution is 5.35. The van der Waals surface area contributed by atoms with E-state index in [1.165, 1.54) is 6.42 Å². The highest BCUT2D eigenvalue weighted by Gasteiger charge is 2.32. The zero-order chi connectivity index (χ0) is 13.7. The molecule has 0 radical (unpaired) electrons. The van der Waals surface area contributed by atoms with Gasteiger partial charge >= 0.3 is 0 Å². The summed E-state index contributed by atoms with van der Waals surface area (Å²) in [4.78, 5) is 16.4. The van der Waals surface area contributed by atoms with Gasteiger partial charge in [-0.05, 0) is 19.3 Å². The lowest BCUT2D eigenvalue weighted by molar-refractivity contribution is 0.172. The van der Waals surface area contributed by atoms with E-state index in [4.69, 9.17) is 0 Å². The second kappa shape index (κ2) is 6.19.